The molecule has 1 N–H and O–H groups in total. The molecule has 1 aliphatic heterocycles. The number of hydrogen-bond donors (Lipinski definition) is 1. The molecule has 0 aromatic heterocycles. The van der Waals surface area contributed by atoms with Crippen LogP contribution in [-0.2, 0) is 19.7 Å². The van der Waals surface area contributed by atoms with E-state index in [1.807, 2.05) is 20.8 Å². The Morgan fingerprint density at radius 1 is 1.23 bits per heavy atom. The van der Waals surface area contributed by atoms with Crippen LogP contribution in [0.15, 0.2) is 12.1 Å². The first-order valence-corrected chi connectivity index (χ1v) is 8.51. The van der Waals surface area contributed by atoms with Gasteiger partial charge in [0.15, 0.2) is 0 Å². The maximum Gasteiger partial charge on any atom is 0.412 e. The largest absolute Gasteiger partial charge is 0.465 e. The SMILES string of the molecule is CCN1C(=O)C(C)(C)c2cc(C(=O)OC)c(NC(=O)OC(C)(C)C)cc21. The zero-order valence-electron chi connectivity index (χ0n) is 16.4. The van der Waals surface area contributed by atoms with Crippen LogP contribution in [0.5, 0.6) is 0 Å². The summed E-state index contributed by atoms with van der Waals surface area (Å²) in [7, 11) is 1.27. The molecule has 0 saturated carbocycles. The fourth-order valence-electron chi connectivity index (χ4n) is 2.98. The van der Waals surface area contributed by atoms with Crippen molar-refractivity contribution in [1.82, 2.24) is 0 Å². The first-order valence-electron chi connectivity index (χ1n) is 8.51. The first-order chi connectivity index (χ1) is 11.9. The zero-order chi connectivity index (χ0) is 19.9. The third kappa shape index (κ3) is 3.52. The number of benzene rings is 1. The summed E-state index contributed by atoms with van der Waals surface area (Å²) in [5.41, 5.74) is 0.364. The molecule has 142 valence electrons. The van der Waals surface area contributed by atoms with Crippen LogP contribution in [0.3, 0.4) is 0 Å². The lowest BCUT2D eigenvalue weighted by molar-refractivity contribution is -0.122. The summed E-state index contributed by atoms with van der Waals surface area (Å²) < 4.78 is 10.1. The molecule has 1 heterocycles. The molecule has 2 amide bonds. The highest BCUT2D eigenvalue weighted by Crippen LogP contribution is 2.44. The van der Waals surface area contributed by atoms with Crippen molar-refractivity contribution in [3.8, 4) is 0 Å². The Morgan fingerprint density at radius 3 is 2.35 bits per heavy atom. The number of rotatable bonds is 3. The van der Waals surface area contributed by atoms with Gasteiger partial charge in [0.05, 0.1) is 23.8 Å². The van der Waals surface area contributed by atoms with Gasteiger partial charge in [-0.3, -0.25) is 10.1 Å². The van der Waals surface area contributed by atoms with Crippen molar-refractivity contribution >= 4 is 29.3 Å². The van der Waals surface area contributed by atoms with Gasteiger partial charge in [0.2, 0.25) is 5.91 Å². The maximum absolute atomic E-state index is 12.7. The summed E-state index contributed by atoms with van der Waals surface area (Å²) >= 11 is 0. The van der Waals surface area contributed by atoms with Crippen LogP contribution < -0.4 is 10.2 Å². The van der Waals surface area contributed by atoms with Crippen molar-refractivity contribution in [2.75, 3.05) is 23.9 Å². The second-order valence-electron chi connectivity index (χ2n) is 7.71. The van der Waals surface area contributed by atoms with Crippen molar-refractivity contribution < 1.29 is 23.9 Å². The molecular formula is C19H26N2O5. The van der Waals surface area contributed by atoms with E-state index in [0.29, 0.717) is 12.2 Å². The number of likely N-dealkylation sites (N-methyl/N-ethyl adjacent to an activating group) is 1. The van der Waals surface area contributed by atoms with E-state index in [9.17, 15) is 14.4 Å². The van der Waals surface area contributed by atoms with Crippen LogP contribution in [0.1, 0.15) is 57.5 Å². The lowest BCUT2D eigenvalue weighted by Crippen LogP contribution is -2.35. The molecule has 7 heteroatoms. The van der Waals surface area contributed by atoms with Gasteiger partial charge >= 0.3 is 12.1 Å². The molecule has 1 aromatic carbocycles. The van der Waals surface area contributed by atoms with Crippen LogP contribution in [0.2, 0.25) is 0 Å². The third-order valence-electron chi connectivity index (χ3n) is 4.24. The number of methoxy groups -OCH3 is 1. The number of carbonyl (C=O) groups excluding carboxylic acids is 3. The lowest BCUT2D eigenvalue weighted by Gasteiger charge is -2.21. The molecule has 1 aliphatic rings. The van der Waals surface area contributed by atoms with E-state index in [1.165, 1.54) is 7.11 Å². The lowest BCUT2D eigenvalue weighted by atomic mass is 9.85. The number of anilines is 2. The summed E-state index contributed by atoms with van der Waals surface area (Å²) in [4.78, 5) is 38.7. The van der Waals surface area contributed by atoms with Gasteiger partial charge in [0, 0.05) is 12.2 Å². The van der Waals surface area contributed by atoms with Gasteiger partial charge in [-0.15, -0.1) is 0 Å². The number of ether oxygens (including phenoxy) is 2. The van der Waals surface area contributed by atoms with E-state index < -0.39 is 23.1 Å². The monoisotopic (exact) mass is 362 g/mol. The fraction of sp³-hybridized carbons (Fsp3) is 0.526. The van der Waals surface area contributed by atoms with Gasteiger partial charge in [0.1, 0.15) is 5.60 Å². The van der Waals surface area contributed by atoms with Crippen molar-refractivity contribution in [2.45, 2.75) is 52.6 Å². The number of esters is 1. The summed E-state index contributed by atoms with van der Waals surface area (Å²) in [5, 5.41) is 2.60. The van der Waals surface area contributed by atoms with Gasteiger partial charge in [0.25, 0.3) is 0 Å². The Bertz CT molecular complexity index is 762. The van der Waals surface area contributed by atoms with Crippen LogP contribution >= 0.6 is 0 Å². The van der Waals surface area contributed by atoms with Crippen LogP contribution in [0.4, 0.5) is 16.2 Å². The zero-order valence-corrected chi connectivity index (χ0v) is 16.4. The van der Waals surface area contributed by atoms with Gasteiger partial charge in [-0.05, 0) is 59.2 Å². The van der Waals surface area contributed by atoms with Gasteiger partial charge in [-0.2, -0.15) is 0 Å². The second kappa shape index (κ2) is 6.63. The molecule has 0 fully saturated rings. The second-order valence-corrected chi connectivity index (χ2v) is 7.71. The number of nitrogens with zero attached hydrogens (tertiary/aromatic N) is 1. The highest BCUT2D eigenvalue weighted by atomic mass is 16.6. The molecule has 0 atom stereocenters. The maximum atomic E-state index is 12.7. The first kappa shape index (κ1) is 19.8. The van der Waals surface area contributed by atoms with E-state index >= 15 is 0 Å². The minimum absolute atomic E-state index is 0.0553. The predicted molar refractivity (Wildman–Crippen MR) is 98.7 cm³/mol. The Morgan fingerprint density at radius 2 is 1.85 bits per heavy atom. The van der Waals surface area contributed by atoms with E-state index in [4.69, 9.17) is 9.47 Å². The Labute approximate surface area is 153 Å². The standard InChI is InChI=1S/C19H26N2O5/c1-8-21-14-10-13(20-17(24)26-18(2,3)4)11(15(22)25-7)9-12(14)19(5,6)16(21)23/h9-10H,8H2,1-7H3,(H,20,24). The third-order valence-corrected chi connectivity index (χ3v) is 4.24. The molecule has 0 radical (unpaired) electrons. The molecule has 0 spiro atoms. The van der Waals surface area contributed by atoms with Gasteiger partial charge in [-0.1, -0.05) is 0 Å². The molecule has 0 bridgehead atoms. The molecule has 0 saturated heterocycles. The van der Waals surface area contributed by atoms with Crippen LogP contribution in [-0.4, -0.2) is 37.2 Å². The van der Waals surface area contributed by atoms with E-state index in [1.54, 1.807) is 37.8 Å². The van der Waals surface area contributed by atoms with Crippen molar-refractivity contribution in [1.29, 1.82) is 0 Å². The number of amides is 2. The molecule has 2 rings (SSSR count). The minimum Gasteiger partial charge on any atom is -0.465 e. The van der Waals surface area contributed by atoms with Crippen LogP contribution in [0.25, 0.3) is 0 Å². The van der Waals surface area contributed by atoms with Crippen molar-refractivity contribution in [2.24, 2.45) is 0 Å². The highest BCUT2D eigenvalue weighted by Gasteiger charge is 2.44. The Hall–Kier alpha value is -2.57. The van der Waals surface area contributed by atoms with Crippen molar-refractivity contribution in [3.05, 3.63) is 23.3 Å². The number of nitrogens with one attached hydrogen (secondary N) is 1. The molecule has 0 unspecified atom stereocenters. The topological polar surface area (TPSA) is 84.9 Å². The quantitative estimate of drug-likeness (QED) is 0.832. The van der Waals surface area contributed by atoms with Gasteiger partial charge < -0.3 is 14.4 Å². The summed E-state index contributed by atoms with van der Waals surface area (Å²) in [6.45, 7) is 11.2. The summed E-state index contributed by atoms with van der Waals surface area (Å²) in [6, 6.07) is 3.24. The Balaban J connectivity index is 2.55. The molecular weight excluding hydrogens is 336 g/mol. The smallest absolute Gasteiger partial charge is 0.412 e. The number of hydrogen-bond acceptors (Lipinski definition) is 5. The fourth-order valence-corrected chi connectivity index (χ4v) is 2.98. The van der Waals surface area contributed by atoms with E-state index in [2.05, 4.69) is 5.32 Å². The predicted octanol–water partition coefficient (Wildman–Crippen LogP) is 3.46. The van der Waals surface area contributed by atoms with E-state index in [-0.39, 0.29) is 17.2 Å². The highest BCUT2D eigenvalue weighted by molar-refractivity contribution is 6.10. The number of fused-ring (bicyclic) bond motifs is 1. The molecule has 7 nitrogen and oxygen atoms in total. The Kier molecular flexibility index (Phi) is 5.03. The number of carbonyl (C=O) groups is 3. The van der Waals surface area contributed by atoms with E-state index in [0.717, 1.165) is 5.56 Å². The summed E-state index contributed by atoms with van der Waals surface area (Å²) in [5.74, 6) is -0.655. The van der Waals surface area contributed by atoms with Gasteiger partial charge in [-0.25, -0.2) is 9.59 Å². The average Bonchev–Trinajstić information content (AvgIpc) is 2.70. The minimum atomic E-state index is -0.765. The average molecular weight is 362 g/mol. The van der Waals surface area contributed by atoms with Crippen LogP contribution in [0, 0.1) is 0 Å². The molecule has 26 heavy (non-hydrogen) atoms. The molecule has 0 aliphatic carbocycles. The molecule has 1 aromatic rings. The summed E-state index contributed by atoms with van der Waals surface area (Å²) in [6.07, 6.45) is -0.686. The normalized spacial score (nSPS) is 15.5. The van der Waals surface area contributed by atoms with Crippen molar-refractivity contribution in [3.63, 3.8) is 0 Å².